The topological polar surface area (TPSA) is 17.1 Å². The van der Waals surface area contributed by atoms with Crippen molar-refractivity contribution in [3.63, 3.8) is 0 Å². The normalized spacial score (nSPS) is 10.2. The molecule has 0 amide bonds. The summed E-state index contributed by atoms with van der Waals surface area (Å²) < 4.78 is 1.19. The molecule has 0 saturated heterocycles. The lowest BCUT2D eigenvalue weighted by atomic mass is 10.1. The van der Waals surface area contributed by atoms with Gasteiger partial charge in [-0.2, -0.15) is 0 Å². The highest BCUT2D eigenvalue weighted by molar-refractivity contribution is 14.1. The van der Waals surface area contributed by atoms with Gasteiger partial charge in [0.15, 0.2) is 0 Å². The monoisotopic (exact) mass is 366 g/mol. The number of hydrogen-bond donors (Lipinski definition) is 0. The third-order valence-electron chi connectivity index (χ3n) is 2.06. The van der Waals surface area contributed by atoms with Gasteiger partial charge in [0.25, 0.3) is 0 Å². The van der Waals surface area contributed by atoms with E-state index < -0.39 is 0 Å². The smallest absolute Gasteiger partial charge is 0.147 e. The third kappa shape index (κ3) is 3.35. The number of hydrogen-bond acceptors (Lipinski definition) is 1. The number of benzene rings is 1. The zero-order chi connectivity index (χ0) is 10.6. The van der Waals surface area contributed by atoms with Gasteiger partial charge in [-0.05, 0) is 46.2 Å². The number of ketones is 1. The SMILES string of the molecule is CCc1ccc(CC(=O)CBr)c(I)c1. The van der Waals surface area contributed by atoms with Gasteiger partial charge in [0.1, 0.15) is 5.78 Å². The Hall–Kier alpha value is 0.1000. The molecule has 1 aromatic carbocycles. The van der Waals surface area contributed by atoms with E-state index in [1.165, 1.54) is 9.13 Å². The van der Waals surface area contributed by atoms with Crippen LogP contribution in [0.1, 0.15) is 18.1 Å². The van der Waals surface area contributed by atoms with E-state index in [9.17, 15) is 4.79 Å². The molecule has 0 saturated carbocycles. The first-order chi connectivity index (χ1) is 6.67. The summed E-state index contributed by atoms with van der Waals surface area (Å²) in [4.78, 5) is 11.2. The molecule has 0 aliphatic heterocycles. The Morgan fingerprint density at radius 1 is 1.50 bits per heavy atom. The maximum absolute atomic E-state index is 11.2. The highest BCUT2D eigenvalue weighted by Gasteiger charge is 2.05. The first kappa shape index (κ1) is 12.2. The molecular formula is C11H12BrIO. The Morgan fingerprint density at radius 3 is 2.71 bits per heavy atom. The van der Waals surface area contributed by atoms with Crippen molar-refractivity contribution in [3.8, 4) is 0 Å². The second kappa shape index (κ2) is 5.85. The van der Waals surface area contributed by atoms with E-state index in [4.69, 9.17) is 0 Å². The van der Waals surface area contributed by atoms with E-state index in [2.05, 4.69) is 63.6 Å². The molecule has 1 nitrogen and oxygen atoms in total. The summed E-state index contributed by atoms with van der Waals surface area (Å²) in [6, 6.07) is 6.30. The van der Waals surface area contributed by atoms with Crippen molar-refractivity contribution in [3.05, 3.63) is 32.9 Å². The average Bonchev–Trinajstić information content (AvgIpc) is 2.20. The molecule has 0 aliphatic rings. The van der Waals surface area contributed by atoms with Crippen molar-refractivity contribution in [1.82, 2.24) is 0 Å². The molecule has 1 rings (SSSR count). The van der Waals surface area contributed by atoms with Crippen LogP contribution in [-0.4, -0.2) is 11.1 Å². The molecule has 0 aliphatic carbocycles. The predicted molar refractivity (Wildman–Crippen MR) is 71.0 cm³/mol. The Balaban J connectivity index is 2.83. The standard InChI is InChI=1S/C11H12BrIO/c1-2-8-3-4-9(11(13)5-8)6-10(14)7-12/h3-5H,2,6-7H2,1H3. The summed E-state index contributed by atoms with van der Waals surface area (Å²) in [5, 5.41) is 0.443. The number of carbonyl (C=O) groups is 1. The van der Waals surface area contributed by atoms with Crippen molar-refractivity contribution in [2.75, 3.05) is 5.33 Å². The van der Waals surface area contributed by atoms with Gasteiger partial charge in [0.2, 0.25) is 0 Å². The molecule has 76 valence electrons. The van der Waals surface area contributed by atoms with Gasteiger partial charge in [-0.3, -0.25) is 4.79 Å². The Morgan fingerprint density at radius 2 is 2.21 bits per heavy atom. The minimum absolute atomic E-state index is 0.229. The molecule has 3 heteroatoms. The number of carbonyl (C=O) groups excluding carboxylic acids is 1. The highest BCUT2D eigenvalue weighted by Crippen LogP contribution is 2.16. The van der Waals surface area contributed by atoms with Crippen LogP contribution >= 0.6 is 38.5 Å². The zero-order valence-electron chi connectivity index (χ0n) is 8.02. The van der Waals surface area contributed by atoms with Gasteiger partial charge < -0.3 is 0 Å². The molecule has 0 bridgehead atoms. The summed E-state index contributed by atoms with van der Waals surface area (Å²) in [5.41, 5.74) is 2.46. The average molecular weight is 367 g/mol. The summed E-state index contributed by atoms with van der Waals surface area (Å²) in [7, 11) is 0. The Labute approximate surface area is 107 Å². The van der Waals surface area contributed by atoms with Crippen molar-refractivity contribution in [2.45, 2.75) is 19.8 Å². The molecular weight excluding hydrogens is 355 g/mol. The summed E-state index contributed by atoms with van der Waals surface area (Å²) in [6.45, 7) is 2.13. The van der Waals surface area contributed by atoms with E-state index in [0.29, 0.717) is 11.8 Å². The predicted octanol–water partition coefficient (Wildman–Crippen LogP) is 3.36. The van der Waals surface area contributed by atoms with Crippen molar-refractivity contribution < 1.29 is 4.79 Å². The highest BCUT2D eigenvalue weighted by atomic mass is 127. The van der Waals surface area contributed by atoms with Crippen molar-refractivity contribution in [2.24, 2.45) is 0 Å². The minimum Gasteiger partial charge on any atom is -0.298 e. The maximum Gasteiger partial charge on any atom is 0.147 e. The summed E-state index contributed by atoms with van der Waals surface area (Å²) in [5.74, 6) is 0.229. The molecule has 0 spiro atoms. The van der Waals surface area contributed by atoms with Crippen LogP contribution in [0.15, 0.2) is 18.2 Å². The second-order valence-electron chi connectivity index (χ2n) is 3.13. The van der Waals surface area contributed by atoms with Crippen LogP contribution in [0.2, 0.25) is 0 Å². The molecule has 0 heterocycles. The van der Waals surface area contributed by atoms with E-state index in [0.717, 1.165) is 12.0 Å². The number of halogens is 2. The first-order valence-electron chi connectivity index (χ1n) is 4.52. The molecule has 0 unspecified atom stereocenters. The van der Waals surface area contributed by atoms with E-state index in [1.54, 1.807) is 0 Å². The lowest BCUT2D eigenvalue weighted by molar-refractivity contribution is -0.115. The second-order valence-corrected chi connectivity index (χ2v) is 4.85. The van der Waals surface area contributed by atoms with Crippen LogP contribution in [0.3, 0.4) is 0 Å². The van der Waals surface area contributed by atoms with Crippen LogP contribution in [0.4, 0.5) is 0 Å². The van der Waals surface area contributed by atoms with Gasteiger partial charge in [-0.15, -0.1) is 0 Å². The van der Waals surface area contributed by atoms with Crippen molar-refractivity contribution in [1.29, 1.82) is 0 Å². The fourth-order valence-electron chi connectivity index (χ4n) is 1.21. The molecule has 0 radical (unpaired) electrons. The molecule has 0 fully saturated rings. The fraction of sp³-hybridized carbons (Fsp3) is 0.364. The minimum atomic E-state index is 0.229. The van der Waals surface area contributed by atoms with Gasteiger partial charge in [0.05, 0.1) is 5.33 Å². The fourth-order valence-corrected chi connectivity index (χ4v) is 2.18. The Kier molecular flexibility index (Phi) is 5.09. The summed E-state index contributed by atoms with van der Waals surface area (Å²) >= 11 is 5.46. The number of rotatable bonds is 4. The number of alkyl halides is 1. The van der Waals surface area contributed by atoms with Crippen LogP contribution in [0.5, 0.6) is 0 Å². The largest absolute Gasteiger partial charge is 0.298 e. The van der Waals surface area contributed by atoms with Crippen LogP contribution in [0.25, 0.3) is 0 Å². The Bertz CT molecular complexity index is 336. The molecule has 1 aromatic rings. The first-order valence-corrected chi connectivity index (χ1v) is 6.72. The molecule has 0 atom stereocenters. The summed E-state index contributed by atoms with van der Waals surface area (Å²) in [6.07, 6.45) is 1.58. The van der Waals surface area contributed by atoms with Gasteiger partial charge in [0, 0.05) is 9.99 Å². The van der Waals surface area contributed by atoms with E-state index in [1.807, 2.05) is 0 Å². The quantitative estimate of drug-likeness (QED) is 0.589. The lowest BCUT2D eigenvalue weighted by Gasteiger charge is -2.04. The van der Waals surface area contributed by atoms with E-state index >= 15 is 0 Å². The maximum atomic E-state index is 11.2. The zero-order valence-corrected chi connectivity index (χ0v) is 11.8. The van der Waals surface area contributed by atoms with Gasteiger partial charge in [-0.25, -0.2) is 0 Å². The number of aryl methyl sites for hydroxylation is 1. The van der Waals surface area contributed by atoms with Crippen LogP contribution in [-0.2, 0) is 17.6 Å². The van der Waals surface area contributed by atoms with Gasteiger partial charge >= 0.3 is 0 Å². The van der Waals surface area contributed by atoms with Crippen LogP contribution in [0, 0.1) is 3.57 Å². The van der Waals surface area contributed by atoms with Crippen LogP contribution < -0.4 is 0 Å². The van der Waals surface area contributed by atoms with Crippen molar-refractivity contribution >= 4 is 44.3 Å². The van der Waals surface area contributed by atoms with Gasteiger partial charge in [-0.1, -0.05) is 35.0 Å². The molecule has 0 aromatic heterocycles. The third-order valence-corrected chi connectivity index (χ3v) is 3.69. The molecule has 14 heavy (non-hydrogen) atoms. The lowest BCUT2D eigenvalue weighted by Crippen LogP contribution is -2.05. The molecule has 0 N–H and O–H groups in total. The number of Topliss-reactive ketones (excluding diaryl/α,β-unsaturated/α-hetero) is 1. The van der Waals surface area contributed by atoms with E-state index in [-0.39, 0.29) is 5.78 Å².